The van der Waals surface area contributed by atoms with Gasteiger partial charge in [-0.05, 0) is 25.3 Å². The van der Waals surface area contributed by atoms with Gasteiger partial charge in [0.05, 0.1) is 12.7 Å². The molecule has 3 heteroatoms. The van der Waals surface area contributed by atoms with E-state index in [-0.39, 0.29) is 0 Å². The fourth-order valence-corrected chi connectivity index (χ4v) is 1.74. The molecule has 1 heterocycles. The topological polar surface area (TPSA) is 38.1 Å². The molecule has 1 aromatic carbocycles. The molecule has 0 bridgehead atoms. The summed E-state index contributed by atoms with van der Waals surface area (Å²) in [6.45, 7) is 2.94. The first-order valence-electron chi connectivity index (χ1n) is 6.01. The Morgan fingerprint density at radius 3 is 2.76 bits per heavy atom. The van der Waals surface area contributed by atoms with Gasteiger partial charge in [-0.25, -0.2) is 0 Å². The number of aryl methyl sites for hydroxylation is 1. The maximum absolute atomic E-state index is 5.03. The van der Waals surface area contributed by atoms with Gasteiger partial charge in [-0.3, -0.25) is 0 Å². The summed E-state index contributed by atoms with van der Waals surface area (Å²) in [4.78, 5) is 0. The van der Waals surface area contributed by atoms with Crippen LogP contribution in [0.15, 0.2) is 47.1 Å². The maximum atomic E-state index is 5.03. The summed E-state index contributed by atoms with van der Waals surface area (Å²) in [6, 6.07) is 12.9. The van der Waals surface area contributed by atoms with Crippen molar-refractivity contribution in [3.05, 3.63) is 53.9 Å². The van der Waals surface area contributed by atoms with E-state index in [0.29, 0.717) is 6.04 Å². The van der Waals surface area contributed by atoms with Crippen LogP contribution in [0.4, 0.5) is 0 Å². The maximum Gasteiger partial charge on any atom is 0.150 e. The van der Waals surface area contributed by atoms with E-state index in [4.69, 9.17) is 4.52 Å². The number of aromatic nitrogens is 1. The largest absolute Gasteiger partial charge is 0.360 e. The number of nitrogens with one attached hydrogen (secondary N) is 1. The number of hydrogen-bond acceptors (Lipinski definition) is 3. The highest BCUT2D eigenvalue weighted by Crippen LogP contribution is 2.05. The minimum Gasteiger partial charge on any atom is -0.360 e. The van der Waals surface area contributed by atoms with Crippen molar-refractivity contribution in [1.82, 2.24) is 10.5 Å². The lowest BCUT2D eigenvalue weighted by Crippen LogP contribution is -2.25. The molecule has 1 atom stereocenters. The van der Waals surface area contributed by atoms with Crippen LogP contribution in [0.5, 0.6) is 0 Å². The molecule has 0 fully saturated rings. The number of benzene rings is 1. The Labute approximate surface area is 102 Å². The van der Waals surface area contributed by atoms with Crippen LogP contribution in [0.2, 0.25) is 0 Å². The second-order valence-corrected chi connectivity index (χ2v) is 4.28. The second-order valence-electron chi connectivity index (χ2n) is 4.28. The van der Waals surface area contributed by atoms with E-state index in [2.05, 4.69) is 47.7 Å². The fourth-order valence-electron chi connectivity index (χ4n) is 1.74. The van der Waals surface area contributed by atoms with Crippen LogP contribution >= 0.6 is 0 Å². The van der Waals surface area contributed by atoms with E-state index in [1.54, 1.807) is 6.20 Å². The molecule has 0 aliphatic heterocycles. The first-order chi connectivity index (χ1) is 8.34. The van der Waals surface area contributed by atoms with E-state index < -0.39 is 0 Å². The minimum absolute atomic E-state index is 0.473. The number of rotatable bonds is 6. The SMILES string of the molecule is CC(CCc1ccccc1)NCc1ccno1. The van der Waals surface area contributed by atoms with Crippen molar-refractivity contribution in [2.75, 3.05) is 0 Å². The summed E-state index contributed by atoms with van der Waals surface area (Å²) in [5.74, 6) is 0.886. The molecule has 0 spiro atoms. The molecule has 0 saturated carbocycles. The van der Waals surface area contributed by atoms with Crippen molar-refractivity contribution in [3.8, 4) is 0 Å². The average molecular weight is 230 g/mol. The van der Waals surface area contributed by atoms with Gasteiger partial charge in [0.2, 0.25) is 0 Å². The Bertz CT molecular complexity index is 411. The number of nitrogens with zero attached hydrogens (tertiary/aromatic N) is 1. The van der Waals surface area contributed by atoms with Gasteiger partial charge in [-0.15, -0.1) is 0 Å². The van der Waals surface area contributed by atoms with Crippen molar-refractivity contribution < 1.29 is 4.52 Å². The van der Waals surface area contributed by atoms with Crippen LogP contribution in [0, 0.1) is 0 Å². The molecule has 0 amide bonds. The van der Waals surface area contributed by atoms with Crippen LogP contribution in [0.25, 0.3) is 0 Å². The lowest BCUT2D eigenvalue weighted by Gasteiger charge is -2.12. The Morgan fingerprint density at radius 2 is 2.06 bits per heavy atom. The highest BCUT2D eigenvalue weighted by Gasteiger charge is 2.03. The highest BCUT2D eigenvalue weighted by molar-refractivity contribution is 5.14. The first-order valence-corrected chi connectivity index (χ1v) is 6.01. The quantitative estimate of drug-likeness (QED) is 0.829. The van der Waals surface area contributed by atoms with Crippen LogP contribution in [-0.2, 0) is 13.0 Å². The van der Waals surface area contributed by atoms with Crippen LogP contribution < -0.4 is 5.32 Å². The Kier molecular flexibility index (Phi) is 4.33. The zero-order valence-corrected chi connectivity index (χ0v) is 10.1. The van der Waals surface area contributed by atoms with Gasteiger partial charge in [0.1, 0.15) is 5.76 Å². The third kappa shape index (κ3) is 4.04. The molecular formula is C14H18N2O. The number of hydrogen-bond donors (Lipinski definition) is 1. The molecular weight excluding hydrogens is 212 g/mol. The lowest BCUT2D eigenvalue weighted by molar-refractivity contribution is 0.362. The monoisotopic (exact) mass is 230 g/mol. The van der Waals surface area contributed by atoms with Crippen molar-refractivity contribution in [2.24, 2.45) is 0 Å². The Hall–Kier alpha value is -1.61. The highest BCUT2D eigenvalue weighted by atomic mass is 16.5. The van der Waals surface area contributed by atoms with Crippen LogP contribution in [-0.4, -0.2) is 11.2 Å². The molecule has 90 valence electrons. The van der Waals surface area contributed by atoms with E-state index in [1.165, 1.54) is 5.56 Å². The summed E-state index contributed by atoms with van der Waals surface area (Å²) >= 11 is 0. The first kappa shape index (κ1) is 11.9. The Morgan fingerprint density at radius 1 is 1.24 bits per heavy atom. The predicted molar refractivity (Wildman–Crippen MR) is 67.6 cm³/mol. The predicted octanol–water partition coefficient (Wildman–Crippen LogP) is 2.79. The molecule has 1 N–H and O–H groups in total. The minimum atomic E-state index is 0.473. The molecule has 17 heavy (non-hydrogen) atoms. The summed E-state index contributed by atoms with van der Waals surface area (Å²) in [6.07, 6.45) is 3.90. The molecule has 0 aliphatic rings. The van der Waals surface area contributed by atoms with Gasteiger partial charge < -0.3 is 9.84 Å². The normalized spacial score (nSPS) is 12.5. The van der Waals surface area contributed by atoms with Crippen LogP contribution in [0.3, 0.4) is 0 Å². The summed E-state index contributed by atoms with van der Waals surface area (Å²) < 4.78 is 5.03. The van der Waals surface area contributed by atoms with Crippen molar-refractivity contribution in [3.63, 3.8) is 0 Å². The Balaban J connectivity index is 1.69. The van der Waals surface area contributed by atoms with Gasteiger partial charge in [0.25, 0.3) is 0 Å². The van der Waals surface area contributed by atoms with Gasteiger partial charge in [-0.1, -0.05) is 35.5 Å². The van der Waals surface area contributed by atoms with E-state index in [0.717, 1.165) is 25.1 Å². The van der Waals surface area contributed by atoms with Crippen LogP contribution in [0.1, 0.15) is 24.7 Å². The molecule has 1 unspecified atom stereocenters. The fraction of sp³-hybridized carbons (Fsp3) is 0.357. The molecule has 2 rings (SSSR count). The molecule has 2 aromatic rings. The van der Waals surface area contributed by atoms with Gasteiger partial charge in [0.15, 0.2) is 0 Å². The zero-order chi connectivity index (χ0) is 11.9. The standard InChI is InChI=1S/C14H18N2O/c1-12(15-11-14-9-10-16-17-14)7-8-13-5-3-2-4-6-13/h2-6,9-10,12,15H,7-8,11H2,1H3. The second kappa shape index (κ2) is 6.21. The summed E-state index contributed by atoms with van der Waals surface area (Å²) in [7, 11) is 0. The third-order valence-electron chi connectivity index (χ3n) is 2.82. The molecule has 3 nitrogen and oxygen atoms in total. The van der Waals surface area contributed by atoms with Crippen molar-refractivity contribution in [1.29, 1.82) is 0 Å². The van der Waals surface area contributed by atoms with Crippen molar-refractivity contribution >= 4 is 0 Å². The summed E-state index contributed by atoms with van der Waals surface area (Å²) in [5.41, 5.74) is 1.39. The molecule has 0 radical (unpaired) electrons. The molecule has 1 aromatic heterocycles. The van der Waals surface area contributed by atoms with Gasteiger partial charge in [0, 0.05) is 12.1 Å². The zero-order valence-electron chi connectivity index (χ0n) is 10.1. The average Bonchev–Trinajstić information content (AvgIpc) is 2.88. The van der Waals surface area contributed by atoms with E-state index in [1.807, 2.05) is 6.07 Å². The van der Waals surface area contributed by atoms with E-state index in [9.17, 15) is 0 Å². The third-order valence-corrected chi connectivity index (χ3v) is 2.82. The van der Waals surface area contributed by atoms with E-state index >= 15 is 0 Å². The summed E-state index contributed by atoms with van der Waals surface area (Å²) in [5, 5.41) is 7.10. The molecule has 0 aliphatic carbocycles. The smallest absolute Gasteiger partial charge is 0.150 e. The van der Waals surface area contributed by atoms with Gasteiger partial charge >= 0.3 is 0 Å². The van der Waals surface area contributed by atoms with Gasteiger partial charge in [-0.2, -0.15) is 0 Å². The molecule has 0 saturated heterocycles. The lowest BCUT2D eigenvalue weighted by atomic mass is 10.1. The van der Waals surface area contributed by atoms with Crippen molar-refractivity contribution in [2.45, 2.75) is 32.4 Å².